The van der Waals surface area contributed by atoms with Gasteiger partial charge in [0, 0.05) is 7.05 Å². The number of aromatic nitrogens is 3. The maximum atomic E-state index is 12.0. The molecule has 0 bridgehead atoms. The molecule has 17 heavy (non-hydrogen) atoms. The summed E-state index contributed by atoms with van der Waals surface area (Å²) in [7, 11) is 1.86. The molecule has 1 fully saturated rings. The maximum absolute atomic E-state index is 12.0. The highest BCUT2D eigenvalue weighted by Gasteiger charge is 2.27. The van der Waals surface area contributed by atoms with Gasteiger partial charge in [0.25, 0.3) is 0 Å². The van der Waals surface area contributed by atoms with Crippen LogP contribution in [0.5, 0.6) is 0 Å². The van der Waals surface area contributed by atoms with Gasteiger partial charge >= 0.3 is 0 Å². The Labute approximate surface area is 101 Å². The van der Waals surface area contributed by atoms with Crippen molar-refractivity contribution in [1.82, 2.24) is 25.4 Å². The topological polar surface area (TPSA) is 71.8 Å². The van der Waals surface area contributed by atoms with Crippen molar-refractivity contribution < 1.29 is 4.79 Å². The first-order valence-electron chi connectivity index (χ1n) is 6.02. The van der Waals surface area contributed by atoms with E-state index in [9.17, 15) is 4.79 Å². The Balaban J connectivity index is 1.86. The van der Waals surface area contributed by atoms with E-state index in [0.717, 1.165) is 25.2 Å². The summed E-state index contributed by atoms with van der Waals surface area (Å²) in [6.07, 6.45) is 3.88. The molecular weight excluding hydrogens is 218 g/mol. The molecule has 0 radical (unpaired) electrons. The number of hydrogen-bond acceptors (Lipinski definition) is 4. The molecule has 2 unspecified atom stereocenters. The number of nitrogens with one attached hydrogen (secondary N) is 2. The summed E-state index contributed by atoms with van der Waals surface area (Å²) in [6, 6.07) is -0.0722. The van der Waals surface area contributed by atoms with Crippen LogP contribution in [0.25, 0.3) is 0 Å². The van der Waals surface area contributed by atoms with Crippen LogP contribution < -0.4 is 10.6 Å². The van der Waals surface area contributed by atoms with E-state index in [-0.39, 0.29) is 11.9 Å². The lowest BCUT2D eigenvalue weighted by Gasteiger charge is -2.28. The minimum atomic E-state index is -0.0722. The molecule has 1 amide bonds. The minimum Gasteiger partial charge on any atom is -0.347 e. The van der Waals surface area contributed by atoms with Crippen LogP contribution in [0.2, 0.25) is 0 Å². The van der Waals surface area contributed by atoms with Gasteiger partial charge in [-0.2, -0.15) is 0 Å². The summed E-state index contributed by atoms with van der Waals surface area (Å²) in [4.78, 5) is 12.0. The molecule has 1 aliphatic rings. The highest BCUT2D eigenvalue weighted by Crippen LogP contribution is 2.15. The first-order valence-corrected chi connectivity index (χ1v) is 6.02. The van der Waals surface area contributed by atoms with E-state index in [1.165, 1.54) is 0 Å². The summed E-state index contributed by atoms with van der Waals surface area (Å²) in [6.45, 7) is 3.46. The van der Waals surface area contributed by atoms with Crippen LogP contribution in [0, 0.1) is 5.92 Å². The third-order valence-electron chi connectivity index (χ3n) is 3.28. The summed E-state index contributed by atoms with van der Waals surface area (Å²) < 4.78 is 1.80. The van der Waals surface area contributed by atoms with Gasteiger partial charge in [-0.05, 0) is 25.3 Å². The normalized spacial score (nSPS) is 24.6. The molecule has 1 saturated heterocycles. The Kier molecular flexibility index (Phi) is 3.73. The molecule has 0 aliphatic carbocycles. The van der Waals surface area contributed by atoms with E-state index in [4.69, 9.17) is 0 Å². The first kappa shape index (κ1) is 12.0. The largest absolute Gasteiger partial charge is 0.347 e. The highest BCUT2D eigenvalue weighted by molar-refractivity contribution is 5.82. The van der Waals surface area contributed by atoms with E-state index >= 15 is 0 Å². The van der Waals surface area contributed by atoms with Gasteiger partial charge in [-0.1, -0.05) is 6.92 Å². The molecule has 6 nitrogen and oxygen atoms in total. The van der Waals surface area contributed by atoms with Gasteiger partial charge < -0.3 is 15.2 Å². The number of hydrogen-bond donors (Lipinski definition) is 2. The fourth-order valence-electron chi connectivity index (χ4n) is 2.14. The van der Waals surface area contributed by atoms with Crippen molar-refractivity contribution in [3.8, 4) is 0 Å². The van der Waals surface area contributed by atoms with Crippen molar-refractivity contribution in [2.45, 2.75) is 32.4 Å². The van der Waals surface area contributed by atoms with Crippen LogP contribution in [-0.2, 0) is 18.4 Å². The predicted octanol–water partition coefficient (Wildman–Crippen LogP) is -0.181. The number of carbonyl (C=O) groups excluding carboxylic acids is 1. The molecule has 0 aromatic carbocycles. The number of carbonyl (C=O) groups is 1. The number of piperidine rings is 1. The van der Waals surface area contributed by atoms with Gasteiger partial charge in [0.2, 0.25) is 5.91 Å². The fraction of sp³-hybridized carbons (Fsp3) is 0.727. The van der Waals surface area contributed by atoms with Gasteiger partial charge in [-0.25, -0.2) is 0 Å². The Morgan fingerprint density at radius 3 is 3.18 bits per heavy atom. The van der Waals surface area contributed by atoms with Crippen molar-refractivity contribution in [2.24, 2.45) is 13.0 Å². The molecule has 1 aliphatic heterocycles. The smallest absolute Gasteiger partial charge is 0.237 e. The van der Waals surface area contributed by atoms with Crippen LogP contribution in [0.4, 0.5) is 0 Å². The Morgan fingerprint density at radius 2 is 2.53 bits per heavy atom. The Morgan fingerprint density at radius 1 is 1.71 bits per heavy atom. The van der Waals surface area contributed by atoms with Gasteiger partial charge in [0.15, 0.2) is 5.82 Å². The van der Waals surface area contributed by atoms with Gasteiger partial charge in [0.1, 0.15) is 6.33 Å². The van der Waals surface area contributed by atoms with Crippen LogP contribution >= 0.6 is 0 Å². The second-order valence-corrected chi connectivity index (χ2v) is 4.63. The van der Waals surface area contributed by atoms with Gasteiger partial charge in [-0.3, -0.25) is 4.79 Å². The third-order valence-corrected chi connectivity index (χ3v) is 3.28. The van der Waals surface area contributed by atoms with Crippen LogP contribution in [-0.4, -0.2) is 33.3 Å². The molecular formula is C11H19N5O. The molecule has 1 aromatic rings. The van der Waals surface area contributed by atoms with E-state index in [0.29, 0.717) is 12.5 Å². The van der Waals surface area contributed by atoms with Crippen LogP contribution in [0.1, 0.15) is 25.6 Å². The van der Waals surface area contributed by atoms with E-state index in [1.54, 1.807) is 10.9 Å². The van der Waals surface area contributed by atoms with Crippen molar-refractivity contribution in [3.05, 3.63) is 12.2 Å². The fourth-order valence-corrected chi connectivity index (χ4v) is 2.14. The number of amides is 1. The van der Waals surface area contributed by atoms with Gasteiger partial charge in [-0.15, -0.1) is 10.2 Å². The van der Waals surface area contributed by atoms with Crippen molar-refractivity contribution in [2.75, 3.05) is 6.54 Å². The molecule has 2 rings (SSSR count). The average Bonchev–Trinajstić information content (AvgIpc) is 2.72. The lowest BCUT2D eigenvalue weighted by atomic mass is 9.92. The molecule has 2 atom stereocenters. The monoisotopic (exact) mass is 237 g/mol. The highest BCUT2D eigenvalue weighted by atomic mass is 16.2. The van der Waals surface area contributed by atoms with Crippen molar-refractivity contribution in [3.63, 3.8) is 0 Å². The molecule has 0 saturated carbocycles. The summed E-state index contributed by atoms with van der Waals surface area (Å²) in [5, 5.41) is 13.9. The predicted molar refractivity (Wildman–Crippen MR) is 63.0 cm³/mol. The van der Waals surface area contributed by atoms with E-state index in [1.807, 2.05) is 7.05 Å². The zero-order valence-electron chi connectivity index (χ0n) is 10.3. The lowest BCUT2D eigenvalue weighted by molar-refractivity contribution is -0.125. The van der Waals surface area contributed by atoms with Crippen molar-refractivity contribution >= 4 is 5.91 Å². The zero-order valence-corrected chi connectivity index (χ0v) is 10.3. The summed E-state index contributed by atoms with van der Waals surface area (Å²) in [5.41, 5.74) is 0. The molecule has 1 aromatic heterocycles. The van der Waals surface area contributed by atoms with Crippen LogP contribution in [0.15, 0.2) is 6.33 Å². The SMILES string of the molecule is CC1CCCNC1C(=O)NCc1nncn1C. The molecule has 2 heterocycles. The number of nitrogens with zero attached hydrogens (tertiary/aromatic N) is 3. The van der Waals surface area contributed by atoms with Gasteiger partial charge in [0.05, 0.1) is 12.6 Å². The number of rotatable bonds is 3. The second kappa shape index (κ2) is 5.27. The number of aryl methyl sites for hydroxylation is 1. The molecule has 0 spiro atoms. The quantitative estimate of drug-likeness (QED) is 0.765. The maximum Gasteiger partial charge on any atom is 0.237 e. The van der Waals surface area contributed by atoms with Crippen LogP contribution in [0.3, 0.4) is 0 Å². The first-order chi connectivity index (χ1) is 8.18. The third kappa shape index (κ3) is 2.82. The minimum absolute atomic E-state index is 0.0557. The second-order valence-electron chi connectivity index (χ2n) is 4.63. The van der Waals surface area contributed by atoms with Crippen molar-refractivity contribution in [1.29, 1.82) is 0 Å². The standard InChI is InChI=1S/C11H19N5O/c1-8-4-3-5-12-10(8)11(17)13-6-9-15-14-7-16(9)2/h7-8,10,12H,3-6H2,1-2H3,(H,13,17). The Hall–Kier alpha value is -1.43. The molecule has 6 heteroatoms. The molecule has 2 N–H and O–H groups in total. The lowest BCUT2D eigenvalue weighted by Crippen LogP contribution is -2.50. The van der Waals surface area contributed by atoms with E-state index in [2.05, 4.69) is 27.8 Å². The average molecular weight is 237 g/mol. The van der Waals surface area contributed by atoms with E-state index < -0.39 is 0 Å². The molecule has 94 valence electrons. The Bertz CT molecular complexity index is 389. The summed E-state index contributed by atoms with van der Waals surface area (Å²) >= 11 is 0. The summed E-state index contributed by atoms with van der Waals surface area (Å²) in [5.74, 6) is 1.21. The zero-order chi connectivity index (χ0) is 12.3.